The SMILES string of the molecule is Cc1cc(O[Si](C(C)C)(C(C)C)C(C)C)ccc1C(=O)c1cccc(C#N)c1. The molecule has 3 nitrogen and oxygen atoms in total. The lowest BCUT2D eigenvalue weighted by Crippen LogP contribution is -2.50. The highest BCUT2D eigenvalue weighted by atomic mass is 28.4. The van der Waals surface area contributed by atoms with Gasteiger partial charge in [-0.15, -0.1) is 0 Å². The van der Waals surface area contributed by atoms with Crippen molar-refractivity contribution in [2.45, 2.75) is 65.1 Å². The Morgan fingerprint density at radius 2 is 1.57 bits per heavy atom. The van der Waals surface area contributed by atoms with Gasteiger partial charge in [-0.05, 0) is 59.4 Å². The maximum absolute atomic E-state index is 12.9. The first-order valence-corrected chi connectivity index (χ1v) is 12.1. The molecule has 0 radical (unpaired) electrons. The van der Waals surface area contributed by atoms with Crippen molar-refractivity contribution >= 4 is 14.1 Å². The molecule has 0 aliphatic heterocycles. The first-order chi connectivity index (χ1) is 13.1. The number of rotatable bonds is 7. The first kappa shape index (κ1) is 21.9. The van der Waals surface area contributed by atoms with E-state index in [1.54, 1.807) is 24.3 Å². The van der Waals surface area contributed by atoms with Crippen molar-refractivity contribution in [2.75, 3.05) is 0 Å². The molecule has 0 atom stereocenters. The van der Waals surface area contributed by atoms with Crippen LogP contribution in [-0.4, -0.2) is 14.1 Å². The van der Waals surface area contributed by atoms with Crippen molar-refractivity contribution in [3.8, 4) is 11.8 Å². The molecule has 0 bridgehead atoms. The van der Waals surface area contributed by atoms with Gasteiger partial charge in [0.25, 0.3) is 8.32 Å². The van der Waals surface area contributed by atoms with E-state index in [-0.39, 0.29) is 5.78 Å². The highest BCUT2D eigenvalue weighted by molar-refractivity contribution is 6.78. The summed E-state index contributed by atoms with van der Waals surface area (Å²) < 4.78 is 6.73. The number of nitrogens with zero attached hydrogens (tertiary/aromatic N) is 1. The lowest BCUT2D eigenvalue weighted by molar-refractivity contribution is 0.103. The Bertz CT molecular complexity index is 872. The van der Waals surface area contributed by atoms with Crippen LogP contribution in [0.1, 0.15) is 68.6 Å². The van der Waals surface area contributed by atoms with Gasteiger partial charge in [-0.3, -0.25) is 4.79 Å². The van der Waals surface area contributed by atoms with Gasteiger partial charge in [-0.2, -0.15) is 5.26 Å². The maximum atomic E-state index is 12.9. The van der Waals surface area contributed by atoms with E-state index in [1.807, 2.05) is 25.1 Å². The Morgan fingerprint density at radius 3 is 2.07 bits per heavy atom. The summed E-state index contributed by atoms with van der Waals surface area (Å²) >= 11 is 0. The third kappa shape index (κ3) is 4.20. The van der Waals surface area contributed by atoms with Crippen LogP contribution in [0.2, 0.25) is 16.6 Å². The largest absolute Gasteiger partial charge is 0.543 e. The molecule has 28 heavy (non-hydrogen) atoms. The molecule has 0 saturated heterocycles. The molecular weight excluding hydrogens is 362 g/mol. The molecule has 0 fully saturated rings. The van der Waals surface area contributed by atoms with Crippen molar-refractivity contribution in [3.05, 3.63) is 64.7 Å². The summed E-state index contributed by atoms with van der Waals surface area (Å²) in [4.78, 5) is 12.9. The maximum Gasteiger partial charge on any atom is 0.258 e. The average Bonchev–Trinajstić information content (AvgIpc) is 2.64. The smallest absolute Gasteiger partial charge is 0.258 e. The van der Waals surface area contributed by atoms with Crippen LogP contribution in [0, 0.1) is 18.3 Å². The monoisotopic (exact) mass is 393 g/mol. The normalized spacial score (nSPS) is 11.8. The van der Waals surface area contributed by atoms with Gasteiger partial charge in [0, 0.05) is 11.1 Å². The summed E-state index contributed by atoms with van der Waals surface area (Å²) in [6.07, 6.45) is 0. The molecule has 2 aromatic rings. The summed E-state index contributed by atoms with van der Waals surface area (Å²) in [7, 11) is -2.03. The Morgan fingerprint density at radius 1 is 0.964 bits per heavy atom. The molecule has 0 N–H and O–H groups in total. The molecule has 2 aromatic carbocycles. The Labute approximate surface area is 170 Å². The van der Waals surface area contributed by atoms with E-state index in [9.17, 15) is 4.79 Å². The number of carbonyl (C=O) groups is 1. The highest BCUT2D eigenvalue weighted by Gasteiger charge is 2.47. The minimum Gasteiger partial charge on any atom is -0.543 e. The van der Waals surface area contributed by atoms with Crippen LogP contribution in [0.25, 0.3) is 0 Å². The molecule has 2 rings (SSSR count). The first-order valence-electron chi connectivity index (χ1n) is 9.98. The summed E-state index contributed by atoms with van der Waals surface area (Å²) in [5.41, 5.74) is 4.03. The number of carbonyl (C=O) groups excluding carboxylic acids is 1. The highest BCUT2D eigenvalue weighted by Crippen LogP contribution is 2.43. The fraction of sp³-hybridized carbons (Fsp3) is 0.417. The topological polar surface area (TPSA) is 50.1 Å². The van der Waals surface area contributed by atoms with Gasteiger partial charge in [-0.25, -0.2) is 0 Å². The predicted molar refractivity (Wildman–Crippen MR) is 117 cm³/mol. The van der Waals surface area contributed by atoms with Gasteiger partial charge in [0.2, 0.25) is 0 Å². The van der Waals surface area contributed by atoms with Gasteiger partial charge in [0.1, 0.15) is 5.75 Å². The van der Waals surface area contributed by atoms with Gasteiger partial charge in [0.05, 0.1) is 11.6 Å². The summed E-state index contributed by atoms with van der Waals surface area (Å²) in [6.45, 7) is 15.5. The van der Waals surface area contributed by atoms with E-state index in [0.29, 0.717) is 33.3 Å². The lowest BCUT2D eigenvalue weighted by atomic mass is 9.98. The molecular formula is C24H31NO2Si. The van der Waals surface area contributed by atoms with Crippen molar-refractivity contribution < 1.29 is 9.22 Å². The number of nitriles is 1. The van der Waals surface area contributed by atoms with Gasteiger partial charge < -0.3 is 4.43 Å². The van der Waals surface area contributed by atoms with Crippen LogP contribution >= 0.6 is 0 Å². The second-order valence-electron chi connectivity index (χ2n) is 8.42. The van der Waals surface area contributed by atoms with Gasteiger partial charge >= 0.3 is 0 Å². The molecule has 0 heterocycles. The molecule has 0 spiro atoms. The van der Waals surface area contributed by atoms with Crippen LogP contribution in [0.4, 0.5) is 0 Å². The quantitative estimate of drug-likeness (QED) is 0.391. The number of aryl methyl sites for hydroxylation is 1. The molecule has 0 aliphatic carbocycles. The van der Waals surface area contributed by atoms with Crippen molar-refractivity contribution in [1.82, 2.24) is 0 Å². The van der Waals surface area contributed by atoms with Gasteiger partial charge in [-0.1, -0.05) is 53.7 Å². The lowest BCUT2D eigenvalue weighted by Gasteiger charge is -2.42. The molecule has 4 heteroatoms. The number of ketones is 1. The van der Waals surface area contributed by atoms with Crippen molar-refractivity contribution in [3.63, 3.8) is 0 Å². The van der Waals surface area contributed by atoms with Gasteiger partial charge in [0.15, 0.2) is 5.78 Å². The van der Waals surface area contributed by atoms with E-state index in [0.717, 1.165) is 11.3 Å². The van der Waals surface area contributed by atoms with E-state index < -0.39 is 8.32 Å². The zero-order valence-electron chi connectivity index (χ0n) is 18.0. The van der Waals surface area contributed by atoms with E-state index in [1.165, 1.54) is 0 Å². The number of hydrogen-bond donors (Lipinski definition) is 0. The molecule has 0 saturated carbocycles. The van der Waals surface area contributed by atoms with Crippen molar-refractivity contribution in [1.29, 1.82) is 5.26 Å². The minimum atomic E-state index is -2.03. The Balaban J connectivity index is 2.38. The van der Waals surface area contributed by atoms with Crippen LogP contribution in [0.15, 0.2) is 42.5 Å². The molecule has 0 amide bonds. The van der Waals surface area contributed by atoms with Crippen LogP contribution in [0.3, 0.4) is 0 Å². The molecule has 0 unspecified atom stereocenters. The zero-order valence-corrected chi connectivity index (χ0v) is 19.0. The molecule has 0 aliphatic rings. The third-order valence-electron chi connectivity index (χ3n) is 5.70. The Hall–Kier alpha value is -2.38. The zero-order chi connectivity index (χ0) is 21.1. The standard InChI is InChI=1S/C24H31NO2Si/c1-16(2)28(17(3)4,18(5)6)27-22-11-12-23(19(7)13-22)24(26)21-10-8-9-20(14-21)15-25/h8-14,16-18H,1-7H3. The summed E-state index contributed by atoms with van der Waals surface area (Å²) in [5.74, 6) is 0.781. The fourth-order valence-corrected chi connectivity index (χ4v) is 9.64. The molecule has 0 aromatic heterocycles. The van der Waals surface area contributed by atoms with E-state index in [2.05, 4.69) is 47.6 Å². The summed E-state index contributed by atoms with van der Waals surface area (Å²) in [5, 5.41) is 9.07. The summed E-state index contributed by atoms with van der Waals surface area (Å²) in [6, 6.07) is 14.7. The third-order valence-corrected chi connectivity index (χ3v) is 11.7. The average molecular weight is 394 g/mol. The van der Waals surface area contributed by atoms with Crippen LogP contribution in [-0.2, 0) is 0 Å². The van der Waals surface area contributed by atoms with Crippen LogP contribution in [0.5, 0.6) is 5.75 Å². The second kappa shape index (κ2) is 8.75. The predicted octanol–water partition coefficient (Wildman–Crippen LogP) is 6.65. The minimum absolute atomic E-state index is 0.0683. The Kier molecular flexibility index (Phi) is 6.85. The van der Waals surface area contributed by atoms with Crippen molar-refractivity contribution in [2.24, 2.45) is 0 Å². The van der Waals surface area contributed by atoms with Crippen LogP contribution < -0.4 is 4.43 Å². The van der Waals surface area contributed by atoms with E-state index in [4.69, 9.17) is 9.69 Å². The second-order valence-corrected chi connectivity index (χ2v) is 13.8. The number of hydrogen-bond acceptors (Lipinski definition) is 3. The van der Waals surface area contributed by atoms with E-state index >= 15 is 0 Å². The fourth-order valence-electron chi connectivity index (χ4n) is 4.40. The number of benzene rings is 2. The molecule has 148 valence electrons.